The molecular formula is C21H23N3O2. The Morgan fingerprint density at radius 2 is 1.96 bits per heavy atom. The maximum absolute atomic E-state index is 13.2. The molecule has 1 aliphatic heterocycles. The fourth-order valence-electron chi connectivity index (χ4n) is 3.61. The van der Waals surface area contributed by atoms with Crippen LogP contribution in [0.4, 0.5) is 5.69 Å². The summed E-state index contributed by atoms with van der Waals surface area (Å²) in [7, 11) is 1.80. The molecule has 0 aliphatic carbocycles. The maximum Gasteiger partial charge on any atom is 0.280 e. The zero-order valence-corrected chi connectivity index (χ0v) is 15.4. The summed E-state index contributed by atoms with van der Waals surface area (Å²) in [5.74, 6) is 0.716. The van der Waals surface area contributed by atoms with Crippen molar-refractivity contribution in [1.29, 1.82) is 0 Å². The molecule has 4 rings (SSSR count). The maximum atomic E-state index is 13.2. The summed E-state index contributed by atoms with van der Waals surface area (Å²) in [5, 5.41) is 6.28. The number of aromatic nitrogens is 1. The number of fused-ring (bicyclic) bond motifs is 2. The van der Waals surface area contributed by atoms with Crippen LogP contribution in [0.5, 0.6) is 0 Å². The molecule has 0 atom stereocenters. The van der Waals surface area contributed by atoms with Crippen molar-refractivity contribution in [1.82, 2.24) is 10.1 Å². The second-order valence-corrected chi connectivity index (χ2v) is 7.11. The highest BCUT2D eigenvalue weighted by Crippen LogP contribution is 2.29. The Hall–Kier alpha value is -2.66. The van der Waals surface area contributed by atoms with Gasteiger partial charge >= 0.3 is 0 Å². The van der Waals surface area contributed by atoms with Crippen molar-refractivity contribution < 1.29 is 9.32 Å². The highest BCUT2D eigenvalue weighted by Gasteiger charge is 2.30. The van der Waals surface area contributed by atoms with E-state index in [0.717, 1.165) is 40.7 Å². The third-order valence-electron chi connectivity index (χ3n) is 5.22. The van der Waals surface area contributed by atoms with Crippen LogP contribution in [0.15, 0.2) is 47.0 Å². The van der Waals surface area contributed by atoms with Gasteiger partial charge < -0.3 is 9.42 Å². The van der Waals surface area contributed by atoms with Crippen LogP contribution in [0.3, 0.4) is 0 Å². The minimum atomic E-state index is -0.128. The van der Waals surface area contributed by atoms with Crippen LogP contribution in [-0.2, 0) is 13.0 Å². The number of carbonyl (C=O) groups excluding carboxylic acids is 1. The summed E-state index contributed by atoms with van der Waals surface area (Å²) in [5.41, 5.74) is 2.24. The average molecular weight is 349 g/mol. The Bertz CT molecular complexity index is 956. The summed E-state index contributed by atoms with van der Waals surface area (Å²) >= 11 is 0. The second kappa shape index (κ2) is 6.57. The van der Waals surface area contributed by atoms with Crippen LogP contribution in [0.1, 0.15) is 35.7 Å². The van der Waals surface area contributed by atoms with Crippen molar-refractivity contribution in [3.05, 3.63) is 59.5 Å². The second-order valence-electron chi connectivity index (χ2n) is 7.11. The van der Waals surface area contributed by atoms with Crippen LogP contribution in [0.25, 0.3) is 10.8 Å². The summed E-state index contributed by atoms with van der Waals surface area (Å²) in [6.45, 7) is 5.98. The molecule has 134 valence electrons. The predicted octanol–water partition coefficient (Wildman–Crippen LogP) is 3.87. The van der Waals surface area contributed by atoms with Gasteiger partial charge in [0, 0.05) is 43.5 Å². The SMILES string of the molecule is CC(C)N1CCc2onc(C(=O)N(C)c3cccc4ccccc34)c2C1. The Kier molecular flexibility index (Phi) is 4.24. The highest BCUT2D eigenvalue weighted by atomic mass is 16.5. The minimum absolute atomic E-state index is 0.128. The number of hydrogen-bond acceptors (Lipinski definition) is 4. The van der Waals surface area contributed by atoms with E-state index in [0.29, 0.717) is 18.3 Å². The third-order valence-corrected chi connectivity index (χ3v) is 5.22. The van der Waals surface area contributed by atoms with Crippen LogP contribution in [0.2, 0.25) is 0 Å². The van der Waals surface area contributed by atoms with E-state index in [1.54, 1.807) is 11.9 Å². The van der Waals surface area contributed by atoms with Gasteiger partial charge in [-0.05, 0) is 25.3 Å². The summed E-state index contributed by atoms with van der Waals surface area (Å²) in [4.78, 5) is 17.2. The van der Waals surface area contributed by atoms with E-state index in [-0.39, 0.29) is 5.91 Å². The van der Waals surface area contributed by atoms with Gasteiger partial charge in [-0.25, -0.2) is 0 Å². The molecule has 0 saturated heterocycles. The number of carbonyl (C=O) groups is 1. The molecule has 0 spiro atoms. The van der Waals surface area contributed by atoms with E-state index in [1.165, 1.54) is 0 Å². The van der Waals surface area contributed by atoms with E-state index in [2.05, 4.69) is 36.0 Å². The standard InChI is InChI=1S/C21H23N3O2/c1-14(2)24-12-11-19-17(13-24)20(22-26-19)21(25)23(3)18-10-6-8-15-7-4-5-9-16(15)18/h4-10,14H,11-13H2,1-3H3. The number of benzene rings is 2. The van der Waals surface area contributed by atoms with Gasteiger partial charge in [0.05, 0.1) is 5.69 Å². The Morgan fingerprint density at radius 1 is 1.19 bits per heavy atom. The highest BCUT2D eigenvalue weighted by molar-refractivity contribution is 6.10. The molecule has 2 aromatic carbocycles. The molecule has 0 saturated carbocycles. The summed E-state index contributed by atoms with van der Waals surface area (Å²) < 4.78 is 5.49. The van der Waals surface area contributed by atoms with Crippen LogP contribution < -0.4 is 4.90 Å². The number of amides is 1. The number of nitrogens with zero attached hydrogens (tertiary/aromatic N) is 3. The van der Waals surface area contributed by atoms with Crippen molar-refractivity contribution >= 4 is 22.4 Å². The molecule has 26 heavy (non-hydrogen) atoms. The van der Waals surface area contributed by atoms with E-state index >= 15 is 0 Å². The fraction of sp³-hybridized carbons (Fsp3) is 0.333. The molecule has 0 fully saturated rings. The summed E-state index contributed by atoms with van der Waals surface area (Å²) in [6, 6.07) is 14.5. The zero-order valence-electron chi connectivity index (χ0n) is 15.4. The number of hydrogen-bond donors (Lipinski definition) is 0. The predicted molar refractivity (Wildman–Crippen MR) is 102 cm³/mol. The quantitative estimate of drug-likeness (QED) is 0.720. The Balaban J connectivity index is 1.69. The van der Waals surface area contributed by atoms with Gasteiger partial charge in [-0.3, -0.25) is 9.69 Å². The van der Waals surface area contributed by atoms with Crippen molar-refractivity contribution in [2.45, 2.75) is 32.9 Å². The first kappa shape index (κ1) is 16.8. The largest absolute Gasteiger partial charge is 0.360 e. The Labute approximate surface area is 153 Å². The zero-order chi connectivity index (χ0) is 18.3. The first-order chi connectivity index (χ1) is 12.6. The molecule has 2 heterocycles. The van der Waals surface area contributed by atoms with Crippen molar-refractivity contribution in [3.63, 3.8) is 0 Å². The van der Waals surface area contributed by atoms with Crippen LogP contribution >= 0.6 is 0 Å². The lowest BCUT2D eigenvalue weighted by atomic mass is 10.0. The van der Waals surface area contributed by atoms with Gasteiger partial charge in [0.25, 0.3) is 5.91 Å². The number of anilines is 1. The fourth-order valence-corrected chi connectivity index (χ4v) is 3.61. The molecule has 1 aliphatic rings. The first-order valence-electron chi connectivity index (χ1n) is 9.03. The molecule has 1 amide bonds. The molecule has 3 aromatic rings. The van der Waals surface area contributed by atoms with E-state index in [1.807, 2.05) is 30.3 Å². The first-order valence-corrected chi connectivity index (χ1v) is 9.03. The van der Waals surface area contributed by atoms with Gasteiger partial charge in [0.1, 0.15) is 5.76 Å². The van der Waals surface area contributed by atoms with Crippen molar-refractivity contribution in [2.75, 3.05) is 18.5 Å². The monoisotopic (exact) mass is 349 g/mol. The molecular weight excluding hydrogens is 326 g/mol. The molecule has 0 N–H and O–H groups in total. The normalized spacial score (nSPS) is 14.6. The molecule has 5 nitrogen and oxygen atoms in total. The van der Waals surface area contributed by atoms with Gasteiger partial charge in [0.2, 0.25) is 0 Å². The molecule has 0 bridgehead atoms. The van der Waals surface area contributed by atoms with E-state index < -0.39 is 0 Å². The molecule has 0 unspecified atom stereocenters. The van der Waals surface area contributed by atoms with Crippen molar-refractivity contribution in [3.8, 4) is 0 Å². The Morgan fingerprint density at radius 3 is 2.77 bits per heavy atom. The lowest BCUT2D eigenvalue weighted by Gasteiger charge is -2.29. The third kappa shape index (κ3) is 2.78. The van der Waals surface area contributed by atoms with E-state index in [9.17, 15) is 4.79 Å². The van der Waals surface area contributed by atoms with Gasteiger partial charge in [-0.15, -0.1) is 0 Å². The van der Waals surface area contributed by atoms with Crippen LogP contribution in [0, 0.1) is 0 Å². The van der Waals surface area contributed by atoms with Gasteiger partial charge in [0.15, 0.2) is 5.69 Å². The van der Waals surface area contributed by atoms with Crippen LogP contribution in [-0.4, -0.2) is 35.6 Å². The van der Waals surface area contributed by atoms with Gasteiger partial charge in [-0.2, -0.15) is 0 Å². The smallest absolute Gasteiger partial charge is 0.280 e. The average Bonchev–Trinajstić information content (AvgIpc) is 3.09. The molecule has 1 aromatic heterocycles. The van der Waals surface area contributed by atoms with Crippen molar-refractivity contribution in [2.24, 2.45) is 0 Å². The lowest BCUT2D eigenvalue weighted by Crippen LogP contribution is -2.37. The molecule has 5 heteroatoms. The summed E-state index contributed by atoms with van der Waals surface area (Å²) in [6.07, 6.45) is 0.797. The molecule has 0 radical (unpaired) electrons. The number of rotatable bonds is 3. The van der Waals surface area contributed by atoms with E-state index in [4.69, 9.17) is 4.52 Å². The lowest BCUT2D eigenvalue weighted by molar-refractivity contribution is 0.0982. The minimum Gasteiger partial charge on any atom is -0.360 e. The van der Waals surface area contributed by atoms with Gasteiger partial charge in [-0.1, -0.05) is 41.6 Å². The topological polar surface area (TPSA) is 49.6 Å².